The molecule has 0 radical (unpaired) electrons. The summed E-state index contributed by atoms with van der Waals surface area (Å²) in [5.41, 5.74) is 1.57. The summed E-state index contributed by atoms with van der Waals surface area (Å²) in [6.07, 6.45) is 0. The van der Waals surface area contributed by atoms with Gasteiger partial charge >= 0.3 is 0 Å². The Morgan fingerprint density at radius 1 is 1.13 bits per heavy atom. The third-order valence-electron chi connectivity index (χ3n) is 3.39. The maximum Gasteiger partial charge on any atom is 0.275 e. The summed E-state index contributed by atoms with van der Waals surface area (Å²) < 4.78 is 11.3. The molecule has 7 heteroatoms. The zero-order valence-corrected chi connectivity index (χ0v) is 14.4. The molecule has 0 bridgehead atoms. The third-order valence-corrected chi connectivity index (χ3v) is 3.88. The van der Waals surface area contributed by atoms with Crippen LogP contribution >= 0.6 is 15.9 Å². The quantitative estimate of drug-likeness (QED) is 0.585. The van der Waals surface area contributed by atoms with E-state index < -0.39 is 0 Å². The number of ether oxygens (including phenoxy) is 2. The molecule has 0 amide bonds. The van der Waals surface area contributed by atoms with Gasteiger partial charge in [-0.1, -0.05) is 22.0 Å². The standard InChI is InChI=1S/C16H17BrN2O4/c1-22-15-4-3-5-16(23-2)13(15)10-18-9-11-6-7-12(17)8-14(11)19(20)21/h3-8,18H,9-10H2,1-2H3. The van der Waals surface area contributed by atoms with E-state index in [-0.39, 0.29) is 10.6 Å². The first kappa shape index (κ1) is 17.2. The van der Waals surface area contributed by atoms with Crippen LogP contribution in [-0.4, -0.2) is 19.1 Å². The molecule has 1 N–H and O–H groups in total. The molecular formula is C16H17BrN2O4. The summed E-state index contributed by atoms with van der Waals surface area (Å²) >= 11 is 3.25. The van der Waals surface area contributed by atoms with Crippen LogP contribution in [0.5, 0.6) is 11.5 Å². The lowest BCUT2D eigenvalue weighted by atomic mass is 10.1. The summed E-state index contributed by atoms with van der Waals surface area (Å²) in [5.74, 6) is 1.42. The molecule has 0 saturated heterocycles. The van der Waals surface area contributed by atoms with Crippen molar-refractivity contribution < 1.29 is 14.4 Å². The van der Waals surface area contributed by atoms with Gasteiger partial charge in [0.25, 0.3) is 5.69 Å². The van der Waals surface area contributed by atoms with Crippen LogP contribution in [0, 0.1) is 10.1 Å². The highest BCUT2D eigenvalue weighted by Gasteiger charge is 2.15. The van der Waals surface area contributed by atoms with Crippen molar-refractivity contribution in [1.29, 1.82) is 0 Å². The molecule has 23 heavy (non-hydrogen) atoms. The number of nitro benzene ring substituents is 1. The first-order valence-corrected chi connectivity index (χ1v) is 7.69. The van der Waals surface area contributed by atoms with Crippen LogP contribution in [0.25, 0.3) is 0 Å². The van der Waals surface area contributed by atoms with Crippen LogP contribution in [0.4, 0.5) is 5.69 Å². The number of rotatable bonds is 7. The molecule has 0 aliphatic heterocycles. The molecule has 0 saturated carbocycles. The van der Waals surface area contributed by atoms with E-state index in [9.17, 15) is 10.1 Å². The zero-order valence-electron chi connectivity index (χ0n) is 12.8. The number of benzene rings is 2. The molecule has 0 aromatic heterocycles. The lowest BCUT2D eigenvalue weighted by molar-refractivity contribution is -0.385. The van der Waals surface area contributed by atoms with E-state index in [0.29, 0.717) is 34.6 Å². The topological polar surface area (TPSA) is 73.6 Å². The van der Waals surface area contributed by atoms with Gasteiger partial charge in [0.15, 0.2) is 0 Å². The highest BCUT2D eigenvalue weighted by atomic mass is 79.9. The Labute approximate surface area is 142 Å². The van der Waals surface area contributed by atoms with Crippen molar-refractivity contribution >= 4 is 21.6 Å². The molecule has 2 aromatic rings. The summed E-state index contributed by atoms with van der Waals surface area (Å²) in [6, 6.07) is 10.6. The predicted octanol–water partition coefficient (Wildman–Crippen LogP) is 3.66. The van der Waals surface area contributed by atoms with Gasteiger partial charge in [-0.2, -0.15) is 0 Å². The van der Waals surface area contributed by atoms with E-state index in [1.807, 2.05) is 18.2 Å². The molecule has 6 nitrogen and oxygen atoms in total. The fraction of sp³-hybridized carbons (Fsp3) is 0.250. The van der Waals surface area contributed by atoms with Crippen LogP contribution in [0.2, 0.25) is 0 Å². The molecule has 2 rings (SSSR count). The summed E-state index contributed by atoms with van der Waals surface area (Å²) in [4.78, 5) is 10.7. The second-order valence-electron chi connectivity index (χ2n) is 4.77. The SMILES string of the molecule is COc1cccc(OC)c1CNCc1ccc(Br)cc1[N+](=O)[O-]. The number of methoxy groups -OCH3 is 2. The Hall–Kier alpha value is -2.12. The normalized spacial score (nSPS) is 10.4. The van der Waals surface area contributed by atoms with E-state index >= 15 is 0 Å². The van der Waals surface area contributed by atoms with E-state index in [1.54, 1.807) is 26.4 Å². The number of hydrogen-bond acceptors (Lipinski definition) is 5. The van der Waals surface area contributed by atoms with Crippen molar-refractivity contribution in [1.82, 2.24) is 5.32 Å². The van der Waals surface area contributed by atoms with Gasteiger partial charge in [0.2, 0.25) is 0 Å². The van der Waals surface area contributed by atoms with Crippen LogP contribution in [0.3, 0.4) is 0 Å². The summed E-state index contributed by atoms with van der Waals surface area (Å²) in [7, 11) is 3.19. The summed E-state index contributed by atoms with van der Waals surface area (Å²) in [5, 5.41) is 14.3. The molecule has 0 aliphatic rings. The Bertz CT molecular complexity index is 684. The molecule has 0 fully saturated rings. The predicted molar refractivity (Wildman–Crippen MR) is 90.9 cm³/mol. The van der Waals surface area contributed by atoms with E-state index in [4.69, 9.17) is 9.47 Å². The van der Waals surface area contributed by atoms with Gasteiger partial charge in [-0.3, -0.25) is 10.1 Å². The molecule has 0 atom stereocenters. The Morgan fingerprint density at radius 3 is 2.35 bits per heavy atom. The molecule has 2 aromatic carbocycles. The minimum Gasteiger partial charge on any atom is -0.496 e. The van der Waals surface area contributed by atoms with Gasteiger partial charge in [-0.25, -0.2) is 0 Å². The molecular weight excluding hydrogens is 364 g/mol. The lowest BCUT2D eigenvalue weighted by Crippen LogP contribution is -2.15. The highest BCUT2D eigenvalue weighted by molar-refractivity contribution is 9.10. The average molecular weight is 381 g/mol. The Kier molecular flexibility index (Phi) is 5.95. The Morgan fingerprint density at radius 2 is 1.78 bits per heavy atom. The van der Waals surface area contributed by atoms with Crippen molar-refractivity contribution in [2.75, 3.05) is 14.2 Å². The molecule has 0 unspecified atom stereocenters. The number of nitrogens with one attached hydrogen (secondary N) is 1. The van der Waals surface area contributed by atoms with Crippen LogP contribution < -0.4 is 14.8 Å². The van der Waals surface area contributed by atoms with E-state index in [2.05, 4.69) is 21.2 Å². The van der Waals surface area contributed by atoms with Crippen molar-refractivity contribution in [3.05, 3.63) is 62.1 Å². The second-order valence-corrected chi connectivity index (χ2v) is 5.69. The number of nitrogens with zero attached hydrogens (tertiary/aromatic N) is 1. The van der Waals surface area contributed by atoms with Crippen molar-refractivity contribution in [3.8, 4) is 11.5 Å². The number of nitro groups is 1. The average Bonchev–Trinajstić information content (AvgIpc) is 2.55. The first-order chi connectivity index (χ1) is 11.1. The van der Waals surface area contributed by atoms with Gasteiger partial charge in [0.05, 0.1) is 19.1 Å². The van der Waals surface area contributed by atoms with Crippen LogP contribution in [0.15, 0.2) is 40.9 Å². The molecule has 0 heterocycles. The molecule has 0 spiro atoms. The number of halogens is 1. The van der Waals surface area contributed by atoms with Crippen LogP contribution in [0.1, 0.15) is 11.1 Å². The summed E-state index contributed by atoms with van der Waals surface area (Å²) in [6.45, 7) is 0.838. The van der Waals surface area contributed by atoms with Gasteiger partial charge in [0.1, 0.15) is 11.5 Å². The van der Waals surface area contributed by atoms with E-state index in [0.717, 1.165) is 5.56 Å². The second kappa shape index (κ2) is 7.94. The van der Waals surface area contributed by atoms with Gasteiger partial charge < -0.3 is 14.8 Å². The number of hydrogen-bond donors (Lipinski definition) is 1. The largest absolute Gasteiger partial charge is 0.496 e. The fourth-order valence-electron chi connectivity index (χ4n) is 2.28. The zero-order chi connectivity index (χ0) is 16.8. The highest BCUT2D eigenvalue weighted by Crippen LogP contribution is 2.28. The van der Waals surface area contributed by atoms with E-state index in [1.165, 1.54) is 6.07 Å². The lowest BCUT2D eigenvalue weighted by Gasteiger charge is -2.13. The van der Waals surface area contributed by atoms with Gasteiger partial charge in [-0.15, -0.1) is 0 Å². The van der Waals surface area contributed by atoms with Gasteiger partial charge in [0, 0.05) is 34.8 Å². The van der Waals surface area contributed by atoms with Gasteiger partial charge in [-0.05, 0) is 24.3 Å². The van der Waals surface area contributed by atoms with Crippen molar-refractivity contribution in [3.63, 3.8) is 0 Å². The maximum absolute atomic E-state index is 11.1. The molecule has 122 valence electrons. The van der Waals surface area contributed by atoms with Crippen molar-refractivity contribution in [2.24, 2.45) is 0 Å². The minimum absolute atomic E-state index is 0.0823. The van der Waals surface area contributed by atoms with Crippen LogP contribution in [-0.2, 0) is 13.1 Å². The smallest absolute Gasteiger partial charge is 0.275 e. The fourth-order valence-corrected chi connectivity index (χ4v) is 2.63. The Balaban J connectivity index is 2.13. The third kappa shape index (κ3) is 4.20. The minimum atomic E-state index is -0.383. The first-order valence-electron chi connectivity index (χ1n) is 6.90. The molecule has 0 aliphatic carbocycles. The maximum atomic E-state index is 11.1. The van der Waals surface area contributed by atoms with Crippen molar-refractivity contribution in [2.45, 2.75) is 13.1 Å². The monoisotopic (exact) mass is 380 g/mol.